The van der Waals surface area contributed by atoms with E-state index in [9.17, 15) is 4.79 Å². The number of nitrogens with zero attached hydrogens (tertiary/aromatic N) is 1. The molecule has 2 rings (SSSR count). The highest BCUT2D eigenvalue weighted by molar-refractivity contribution is 6.42. The average molecular weight is 420 g/mol. The van der Waals surface area contributed by atoms with Crippen LogP contribution >= 0.6 is 23.2 Å². The van der Waals surface area contributed by atoms with Gasteiger partial charge in [0.15, 0.2) is 11.5 Å². The summed E-state index contributed by atoms with van der Waals surface area (Å²) in [5, 5.41) is 10.1. The van der Waals surface area contributed by atoms with Gasteiger partial charge in [0, 0.05) is 0 Å². The molecule has 0 radical (unpaired) electrons. The zero-order chi connectivity index (χ0) is 20.5. The Labute approximate surface area is 174 Å². The Morgan fingerprint density at radius 1 is 1.04 bits per heavy atom. The molecule has 0 aliphatic heterocycles. The maximum Gasteiger partial charge on any atom is 0.348 e. The third-order valence-electron chi connectivity index (χ3n) is 3.57. The largest absolute Gasteiger partial charge is 0.490 e. The summed E-state index contributed by atoms with van der Waals surface area (Å²) in [7, 11) is 0. The van der Waals surface area contributed by atoms with Crippen LogP contribution in [0.2, 0.25) is 10.0 Å². The lowest BCUT2D eigenvalue weighted by Gasteiger charge is -2.13. The van der Waals surface area contributed by atoms with Gasteiger partial charge in [0.25, 0.3) is 0 Å². The van der Waals surface area contributed by atoms with Crippen LogP contribution in [-0.4, -0.2) is 19.2 Å². The van der Waals surface area contributed by atoms with Gasteiger partial charge in [0.1, 0.15) is 18.2 Å². The summed E-state index contributed by atoms with van der Waals surface area (Å²) in [6.45, 7) is 4.44. The Morgan fingerprint density at radius 3 is 2.46 bits per heavy atom. The summed E-state index contributed by atoms with van der Waals surface area (Å²) in [4.78, 5) is 11.8. The van der Waals surface area contributed by atoms with Crippen molar-refractivity contribution in [1.29, 1.82) is 5.26 Å². The summed E-state index contributed by atoms with van der Waals surface area (Å²) in [5.41, 5.74) is 1.39. The number of ether oxygens (including phenoxy) is 3. The Hall–Kier alpha value is -2.68. The van der Waals surface area contributed by atoms with Crippen molar-refractivity contribution in [3.63, 3.8) is 0 Å². The van der Waals surface area contributed by atoms with E-state index in [0.717, 1.165) is 5.56 Å². The van der Waals surface area contributed by atoms with Crippen LogP contribution in [0.5, 0.6) is 11.5 Å². The lowest BCUT2D eigenvalue weighted by Crippen LogP contribution is -2.06. The van der Waals surface area contributed by atoms with Gasteiger partial charge < -0.3 is 14.2 Å². The molecule has 0 saturated heterocycles. The lowest BCUT2D eigenvalue weighted by molar-refractivity contribution is -0.137. The summed E-state index contributed by atoms with van der Waals surface area (Å²) in [5.74, 6) is 0.361. The van der Waals surface area contributed by atoms with E-state index >= 15 is 0 Å². The van der Waals surface area contributed by atoms with Gasteiger partial charge in [-0.25, -0.2) is 4.79 Å². The van der Waals surface area contributed by atoms with Crippen LogP contribution in [0.4, 0.5) is 0 Å². The van der Waals surface area contributed by atoms with Gasteiger partial charge in [-0.15, -0.1) is 0 Å². The van der Waals surface area contributed by atoms with Gasteiger partial charge in [-0.2, -0.15) is 5.26 Å². The lowest BCUT2D eigenvalue weighted by atomic mass is 10.1. The summed E-state index contributed by atoms with van der Waals surface area (Å²) >= 11 is 11.9. The molecule has 0 spiro atoms. The van der Waals surface area contributed by atoms with E-state index in [2.05, 4.69) is 0 Å². The number of hydrogen-bond acceptors (Lipinski definition) is 5. The van der Waals surface area contributed by atoms with E-state index in [1.54, 1.807) is 37.3 Å². The number of esters is 1. The minimum atomic E-state index is -0.664. The van der Waals surface area contributed by atoms with Gasteiger partial charge in [0.05, 0.1) is 23.3 Å². The molecule has 7 heteroatoms. The highest BCUT2D eigenvalue weighted by Crippen LogP contribution is 2.31. The highest BCUT2D eigenvalue weighted by Gasteiger charge is 2.12. The number of hydrogen-bond donors (Lipinski definition) is 0. The van der Waals surface area contributed by atoms with Crippen molar-refractivity contribution in [3.8, 4) is 17.6 Å². The fourth-order valence-electron chi connectivity index (χ4n) is 2.30. The Balaban J connectivity index is 2.23. The van der Waals surface area contributed by atoms with Crippen molar-refractivity contribution in [2.75, 3.05) is 13.2 Å². The second kappa shape index (κ2) is 10.6. The zero-order valence-corrected chi connectivity index (χ0v) is 17.0. The number of benzene rings is 2. The first-order valence-electron chi connectivity index (χ1n) is 8.61. The first-order chi connectivity index (χ1) is 13.5. The first-order valence-corrected chi connectivity index (χ1v) is 9.36. The van der Waals surface area contributed by atoms with Crippen molar-refractivity contribution in [2.45, 2.75) is 20.5 Å². The molecule has 0 aliphatic carbocycles. The number of carbonyl (C=O) groups excluding carboxylic acids is 1. The molecular weight excluding hydrogens is 401 g/mol. The third kappa shape index (κ3) is 5.91. The maximum absolute atomic E-state index is 11.8. The molecule has 0 saturated carbocycles. The third-order valence-corrected chi connectivity index (χ3v) is 4.31. The van der Waals surface area contributed by atoms with Crippen molar-refractivity contribution in [2.24, 2.45) is 0 Å². The second-order valence-corrected chi connectivity index (χ2v) is 6.38. The van der Waals surface area contributed by atoms with Crippen LogP contribution in [0.15, 0.2) is 42.0 Å². The Morgan fingerprint density at radius 2 is 1.82 bits per heavy atom. The standard InChI is InChI=1S/C21H19Cl2NO4/c1-3-26-20-11-14(9-16(12-24)21(25)27-4-2)6-8-19(20)28-13-15-5-7-17(22)18(23)10-15/h5-11H,3-4,13H2,1-2H3/b16-9-. The number of carbonyl (C=O) groups is 1. The van der Waals surface area contributed by atoms with Crippen LogP contribution in [0.25, 0.3) is 6.08 Å². The molecule has 0 heterocycles. The summed E-state index contributed by atoms with van der Waals surface area (Å²) < 4.78 is 16.3. The van der Waals surface area contributed by atoms with Crippen LogP contribution in [0.3, 0.4) is 0 Å². The Bertz CT molecular complexity index is 919. The molecule has 0 bridgehead atoms. The molecule has 2 aromatic rings. The van der Waals surface area contributed by atoms with Gasteiger partial charge in [-0.1, -0.05) is 35.3 Å². The van der Waals surface area contributed by atoms with E-state index in [1.165, 1.54) is 6.08 Å². The normalized spacial score (nSPS) is 10.9. The Kier molecular flexibility index (Phi) is 8.19. The predicted octanol–water partition coefficient (Wildman–Crippen LogP) is 5.44. The molecule has 0 atom stereocenters. The van der Waals surface area contributed by atoms with Crippen molar-refractivity contribution >= 4 is 35.2 Å². The molecule has 0 aromatic heterocycles. The molecule has 0 N–H and O–H groups in total. The van der Waals surface area contributed by atoms with Crippen molar-refractivity contribution in [1.82, 2.24) is 0 Å². The summed E-state index contributed by atoms with van der Waals surface area (Å²) in [6.07, 6.45) is 1.45. The molecular formula is C21H19Cl2NO4. The smallest absolute Gasteiger partial charge is 0.348 e. The van der Waals surface area contributed by atoms with Crippen LogP contribution in [0, 0.1) is 11.3 Å². The van der Waals surface area contributed by atoms with E-state index in [-0.39, 0.29) is 18.8 Å². The van der Waals surface area contributed by atoms with E-state index in [0.29, 0.717) is 33.7 Å². The highest BCUT2D eigenvalue weighted by atomic mass is 35.5. The van der Waals surface area contributed by atoms with Crippen molar-refractivity contribution in [3.05, 3.63) is 63.1 Å². The summed E-state index contributed by atoms with van der Waals surface area (Å²) in [6, 6.07) is 12.3. The van der Waals surface area contributed by atoms with Gasteiger partial charge >= 0.3 is 5.97 Å². The van der Waals surface area contributed by atoms with Gasteiger partial charge in [-0.3, -0.25) is 0 Å². The average Bonchev–Trinajstić information content (AvgIpc) is 2.68. The fourth-order valence-corrected chi connectivity index (χ4v) is 2.63. The number of nitriles is 1. The molecule has 0 amide bonds. The second-order valence-electron chi connectivity index (χ2n) is 5.57. The van der Waals surface area contributed by atoms with Gasteiger partial charge in [-0.05, 0) is 55.3 Å². The van der Waals surface area contributed by atoms with Crippen LogP contribution < -0.4 is 9.47 Å². The molecule has 146 valence electrons. The SMILES string of the molecule is CCOC(=O)/C(C#N)=C\c1ccc(OCc2ccc(Cl)c(Cl)c2)c(OCC)c1. The van der Waals surface area contributed by atoms with Crippen LogP contribution in [0.1, 0.15) is 25.0 Å². The maximum atomic E-state index is 11.8. The molecule has 5 nitrogen and oxygen atoms in total. The zero-order valence-electron chi connectivity index (χ0n) is 15.5. The molecule has 0 unspecified atom stereocenters. The fraction of sp³-hybridized carbons (Fsp3) is 0.238. The number of rotatable bonds is 8. The van der Waals surface area contributed by atoms with Crippen molar-refractivity contribution < 1.29 is 19.0 Å². The minimum Gasteiger partial charge on any atom is -0.490 e. The first kappa shape index (κ1) is 21.6. The monoisotopic (exact) mass is 419 g/mol. The minimum absolute atomic E-state index is 0.0891. The molecule has 0 fully saturated rings. The quantitative estimate of drug-likeness (QED) is 0.323. The van der Waals surface area contributed by atoms with E-state index in [4.69, 9.17) is 42.7 Å². The van der Waals surface area contributed by atoms with E-state index in [1.807, 2.05) is 19.1 Å². The predicted molar refractivity (Wildman–Crippen MR) is 109 cm³/mol. The molecule has 28 heavy (non-hydrogen) atoms. The molecule has 2 aromatic carbocycles. The molecule has 0 aliphatic rings. The van der Waals surface area contributed by atoms with Crippen LogP contribution in [-0.2, 0) is 16.1 Å². The van der Waals surface area contributed by atoms with Gasteiger partial charge in [0.2, 0.25) is 0 Å². The number of halogens is 2. The topological polar surface area (TPSA) is 68.6 Å². The van der Waals surface area contributed by atoms with E-state index < -0.39 is 5.97 Å².